The number of nitrogens with zero attached hydrogens (tertiary/aromatic N) is 2. The number of hydrogen-bond acceptors (Lipinski definition) is 3. The van der Waals surface area contributed by atoms with Gasteiger partial charge in [-0.1, -0.05) is 19.1 Å². The fourth-order valence-corrected chi connectivity index (χ4v) is 3.30. The number of aryl methyl sites for hydroxylation is 2. The molecule has 1 aliphatic rings. The minimum atomic E-state index is -2.65. The molecule has 1 aliphatic heterocycles. The lowest BCUT2D eigenvalue weighted by molar-refractivity contribution is -0.0102. The van der Waals surface area contributed by atoms with Gasteiger partial charge >= 0.3 is 0 Å². The highest BCUT2D eigenvalue weighted by molar-refractivity contribution is 6.07. The van der Waals surface area contributed by atoms with E-state index in [0.717, 1.165) is 17.7 Å². The minimum absolute atomic E-state index is 0.123. The molecule has 4 nitrogen and oxygen atoms in total. The average Bonchev–Trinajstić information content (AvgIpc) is 2.81. The molecule has 27 heavy (non-hydrogen) atoms. The SMILES string of the molecule is CCc1ccc(C(=O)Nc2cccc(C)c2)c(N2CCCC(F)(F)CC2)n1. The van der Waals surface area contributed by atoms with Crippen LogP contribution in [0.15, 0.2) is 36.4 Å². The van der Waals surface area contributed by atoms with Gasteiger partial charge in [-0.25, -0.2) is 13.8 Å². The zero-order valence-corrected chi connectivity index (χ0v) is 15.8. The van der Waals surface area contributed by atoms with E-state index in [2.05, 4.69) is 10.3 Å². The maximum atomic E-state index is 13.8. The maximum absolute atomic E-state index is 13.8. The first kappa shape index (κ1) is 19.3. The van der Waals surface area contributed by atoms with Gasteiger partial charge in [0.15, 0.2) is 0 Å². The smallest absolute Gasteiger partial charge is 0.259 e. The molecule has 1 aromatic carbocycles. The molecule has 1 aromatic heterocycles. The molecule has 144 valence electrons. The van der Waals surface area contributed by atoms with Crippen LogP contribution >= 0.6 is 0 Å². The van der Waals surface area contributed by atoms with E-state index in [1.165, 1.54) is 0 Å². The number of rotatable bonds is 4. The third-order valence-corrected chi connectivity index (χ3v) is 4.83. The van der Waals surface area contributed by atoms with Crippen molar-refractivity contribution in [2.45, 2.75) is 45.5 Å². The molecule has 3 rings (SSSR count). The Bertz CT molecular complexity index is 823. The second-order valence-electron chi connectivity index (χ2n) is 7.05. The van der Waals surface area contributed by atoms with Gasteiger partial charge in [0.1, 0.15) is 5.82 Å². The molecule has 0 saturated carbocycles. The van der Waals surface area contributed by atoms with Crippen molar-refractivity contribution in [3.63, 3.8) is 0 Å². The molecule has 1 saturated heterocycles. The Morgan fingerprint density at radius 3 is 2.78 bits per heavy atom. The normalized spacial score (nSPS) is 16.7. The number of halogens is 2. The highest BCUT2D eigenvalue weighted by Gasteiger charge is 2.33. The Balaban J connectivity index is 1.89. The first-order valence-electron chi connectivity index (χ1n) is 9.39. The molecular formula is C21H25F2N3O. The third-order valence-electron chi connectivity index (χ3n) is 4.83. The molecular weight excluding hydrogens is 348 g/mol. The Morgan fingerprint density at radius 2 is 2.04 bits per heavy atom. The number of nitrogens with one attached hydrogen (secondary N) is 1. The fourth-order valence-electron chi connectivity index (χ4n) is 3.30. The summed E-state index contributed by atoms with van der Waals surface area (Å²) in [5.41, 5.74) is 3.00. The monoisotopic (exact) mass is 373 g/mol. The molecule has 6 heteroatoms. The molecule has 1 fully saturated rings. The summed E-state index contributed by atoms with van der Waals surface area (Å²) in [5, 5.41) is 2.89. The molecule has 0 atom stereocenters. The zero-order valence-electron chi connectivity index (χ0n) is 15.8. The van der Waals surface area contributed by atoms with Crippen LogP contribution in [0, 0.1) is 6.92 Å². The van der Waals surface area contributed by atoms with E-state index in [1.807, 2.05) is 49.1 Å². The van der Waals surface area contributed by atoms with Gasteiger partial charge in [0.05, 0.1) is 5.56 Å². The van der Waals surface area contributed by atoms with Crippen LogP contribution in [0.3, 0.4) is 0 Å². The molecule has 0 spiro atoms. The maximum Gasteiger partial charge on any atom is 0.259 e. The van der Waals surface area contributed by atoms with Gasteiger partial charge in [0, 0.05) is 37.3 Å². The van der Waals surface area contributed by atoms with Gasteiger partial charge in [0.25, 0.3) is 5.91 Å². The molecule has 0 bridgehead atoms. The highest BCUT2D eigenvalue weighted by atomic mass is 19.3. The number of aromatic nitrogens is 1. The lowest BCUT2D eigenvalue weighted by atomic mass is 10.1. The van der Waals surface area contributed by atoms with E-state index in [0.29, 0.717) is 30.0 Å². The molecule has 0 radical (unpaired) electrons. The number of carbonyl (C=O) groups excluding carboxylic acids is 1. The fraction of sp³-hybridized carbons (Fsp3) is 0.429. The average molecular weight is 373 g/mol. The van der Waals surface area contributed by atoms with E-state index in [1.54, 1.807) is 6.07 Å². The number of amides is 1. The van der Waals surface area contributed by atoms with Gasteiger partial charge in [-0.2, -0.15) is 0 Å². The Kier molecular flexibility index (Phi) is 5.73. The summed E-state index contributed by atoms with van der Waals surface area (Å²) < 4.78 is 27.5. The topological polar surface area (TPSA) is 45.2 Å². The van der Waals surface area contributed by atoms with E-state index >= 15 is 0 Å². The molecule has 2 heterocycles. The van der Waals surface area contributed by atoms with Crippen LogP contribution in [0.4, 0.5) is 20.3 Å². The Hall–Kier alpha value is -2.50. The summed E-state index contributed by atoms with van der Waals surface area (Å²) in [6.07, 6.45) is 0.756. The molecule has 0 aliphatic carbocycles. The summed E-state index contributed by atoms with van der Waals surface area (Å²) in [5.74, 6) is -2.43. The highest BCUT2D eigenvalue weighted by Crippen LogP contribution is 2.31. The predicted octanol–water partition coefficient (Wildman–Crippen LogP) is 4.83. The van der Waals surface area contributed by atoms with Crippen molar-refractivity contribution in [1.82, 2.24) is 4.98 Å². The van der Waals surface area contributed by atoms with E-state index in [4.69, 9.17) is 0 Å². The first-order valence-corrected chi connectivity index (χ1v) is 9.39. The largest absolute Gasteiger partial charge is 0.356 e. The second-order valence-corrected chi connectivity index (χ2v) is 7.05. The van der Waals surface area contributed by atoms with E-state index < -0.39 is 5.92 Å². The quantitative estimate of drug-likeness (QED) is 0.835. The summed E-state index contributed by atoms with van der Waals surface area (Å²) in [7, 11) is 0. The number of carbonyl (C=O) groups is 1. The lowest BCUT2D eigenvalue weighted by Gasteiger charge is -2.24. The molecule has 1 N–H and O–H groups in total. The van der Waals surface area contributed by atoms with Gasteiger partial charge in [0.2, 0.25) is 5.92 Å². The van der Waals surface area contributed by atoms with E-state index in [9.17, 15) is 13.6 Å². The number of alkyl halides is 2. The van der Waals surface area contributed by atoms with Crippen molar-refractivity contribution in [2.75, 3.05) is 23.3 Å². The van der Waals surface area contributed by atoms with Crippen molar-refractivity contribution in [3.8, 4) is 0 Å². The standard InChI is InChI=1S/C21H25F2N3O/c1-3-16-8-9-18(20(27)25-17-7-4-6-15(2)14-17)19(24-16)26-12-5-10-21(22,23)11-13-26/h4,6-9,14H,3,5,10-13H2,1-2H3,(H,25,27). The number of hydrogen-bond donors (Lipinski definition) is 1. The van der Waals surface area contributed by atoms with Crippen molar-refractivity contribution in [3.05, 3.63) is 53.2 Å². The van der Waals surface area contributed by atoms with Crippen molar-refractivity contribution < 1.29 is 13.6 Å². The van der Waals surface area contributed by atoms with Crippen molar-refractivity contribution in [1.29, 1.82) is 0 Å². The Morgan fingerprint density at radius 1 is 1.22 bits per heavy atom. The Labute approximate surface area is 158 Å². The van der Waals surface area contributed by atoms with E-state index in [-0.39, 0.29) is 25.3 Å². The number of benzene rings is 1. The molecule has 1 amide bonds. The second kappa shape index (κ2) is 8.03. The first-order chi connectivity index (χ1) is 12.9. The number of pyridine rings is 1. The summed E-state index contributed by atoms with van der Waals surface area (Å²) in [6.45, 7) is 4.60. The van der Waals surface area contributed by atoms with Crippen LogP contribution < -0.4 is 10.2 Å². The van der Waals surface area contributed by atoms with Gasteiger partial charge in [-0.05, 0) is 49.6 Å². The van der Waals surface area contributed by atoms with Gasteiger partial charge in [-0.15, -0.1) is 0 Å². The molecule has 0 unspecified atom stereocenters. The summed E-state index contributed by atoms with van der Waals surface area (Å²) >= 11 is 0. The zero-order chi connectivity index (χ0) is 19.4. The van der Waals surface area contributed by atoms with Crippen LogP contribution in [-0.4, -0.2) is 29.9 Å². The van der Waals surface area contributed by atoms with Gasteiger partial charge in [-0.3, -0.25) is 4.79 Å². The lowest BCUT2D eigenvalue weighted by Crippen LogP contribution is -2.29. The molecule has 2 aromatic rings. The van der Waals surface area contributed by atoms with Crippen LogP contribution in [0.5, 0.6) is 0 Å². The van der Waals surface area contributed by atoms with Crippen LogP contribution in [0.2, 0.25) is 0 Å². The summed E-state index contributed by atoms with van der Waals surface area (Å²) in [6, 6.07) is 11.1. The van der Waals surface area contributed by atoms with Crippen molar-refractivity contribution >= 4 is 17.4 Å². The number of anilines is 2. The van der Waals surface area contributed by atoms with Crippen LogP contribution in [0.25, 0.3) is 0 Å². The minimum Gasteiger partial charge on any atom is -0.356 e. The third kappa shape index (κ3) is 4.81. The summed E-state index contributed by atoms with van der Waals surface area (Å²) in [4.78, 5) is 19.3. The predicted molar refractivity (Wildman–Crippen MR) is 104 cm³/mol. The van der Waals surface area contributed by atoms with Crippen LogP contribution in [-0.2, 0) is 6.42 Å². The van der Waals surface area contributed by atoms with Crippen LogP contribution in [0.1, 0.15) is 47.8 Å². The van der Waals surface area contributed by atoms with Gasteiger partial charge < -0.3 is 10.2 Å². The van der Waals surface area contributed by atoms with Crippen molar-refractivity contribution in [2.24, 2.45) is 0 Å².